The van der Waals surface area contributed by atoms with Crippen molar-refractivity contribution in [3.05, 3.63) is 42.2 Å². The predicted octanol–water partition coefficient (Wildman–Crippen LogP) is 2.62. The van der Waals surface area contributed by atoms with Crippen LogP contribution >= 0.6 is 0 Å². The van der Waals surface area contributed by atoms with E-state index in [1.807, 2.05) is 48.0 Å². The molecular formula is C15H13N3O2. The molecule has 100 valence electrons. The van der Waals surface area contributed by atoms with Crippen LogP contribution in [0.3, 0.4) is 0 Å². The third-order valence-electron chi connectivity index (χ3n) is 3.55. The first kappa shape index (κ1) is 11.2. The Labute approximate surface area is 115 Å². The van der Waals surface area contributed by atoms with Crippen molar-refractivity contribution in [2.75, 3.05) is 12.5 Å². The summed E-state index contributed by atoms with van der Waals surface area (Å²) in [5.41, 5.74) is 10.4. The van der Waals surface area contributed by atoms with Gasteiger partial charge in [-0.2, -0.15) is 0 Å². The van der Waals surface area contributed by atoms with Gasteiger partial charge in [-0.05, 0) is 36.8 Å². The second-order valence-electron chi connectivity index (χ2n) is 4.84. The van der Waals surface area contributed by atoms with Crippen molar-refractivity contribution < 1.29 is 9.47 Å². The summed E-state index contributed by atoms with van der Waals surface area (Å²) in [6, 6.07) is 7.79. The van der Waals surface area contributed by atoms with Gasteiger partial charge < -0.3 is 19.6 Å². The van der Waals surface area contributed by atoms with Gasteiger partial charge in [0.15, 0.2) is 17.1 Å². The Hall–Kier alpha value is -2.69. The smallest absolute Gasteiger partial charge is 0.231 e. The Morgan fingerprint density at radius 1 is 1.20 bits per heavy atom. The van der Waals surface area contributed by atoms with Gasteiger partial charge in [-0.25, -0.2) is 4.98 Å². The number of imidazole rings is 1. The van der Waals surface area contributed by atoms with Crippen LogP contribution in [0.25, 0.3) is 16.9 Å². The molecular weight excluding hydrogens is 254 g/mol. The monoisotopic (exact) mass is 267 g/mol. The Morgan fingerprint density at radius 2 is 2.05 bits per heavy atom. The summed E-state index contributed by atoms with van der Waals surface area (Å²) in [5, 5.41) is 0. The van der Waals surface area contributed by atoms with Crippen LogP contribution in [0.5, 0.6) is 11.5 Å². The third-order valence-corrected chi connectivity index (χ3v) is 3.55. The molecule has 0 fully saturated rings. The van der Waals surface area contributed by atoms with Crippen LogP contribution in [0.15, 0.2) is 36.7 Å². The predicted molar refractivity (Wildman–Crippen MR) is 75.9 cm³/mol. The molecule has 1 aromatic carbocycles. The molecule has 0 atom stereocenters. The lowest BCUT2D eigenvalue weighted by atomic mass is 10.1. The van der Waals surface area contributed by atoms with Crippen molar-refractivity contribution >= 4 is 11.3 Å². The van der Waals surface area contributed by atoms with Crippen LogP contribution < -0.4 is 15.2 Å². The number of aromatic nitrogens is 2. The fraction of sp³-hybridized carbons (Fsp3) is 0.133. The lowest BCUT2D eigenvalue weighted by molar-refractivity contribution is 0.174. The van der Waals surface area contributed by atoms with E-state index >= 15 is 0 Å². The minimum atomic E-state index is 0.274. The minimum absolute atomic E-state index is 0.274. The van der Waals surface area contributed by atoms with Crippen LogP contribution in [0.1, 0.15) is 5.56 Å². The number of ether oxygens (including phenoxy) is 2. The number of nitrogen functional groups attached to an aromatic ring is 1. The standard InChI is InChI=1S/C15H13N3O2/c1-9-4-5-18-7-11(17-15(18)14(9)16)10-2-3-12-13(6-10)20-8-19-12/h2-7H,8,16H2,1H3. The quantitative estimate of drug-likeness (QED) is 0.736. The highest BCUT2D eigenvalue weighted by Crippen LogP contribution is 2.35. The normalized spacial score (nSPS) is 13.1. The molecule has 20 heavy (non-hydrogen) atoms. The van der Waals surface area contributed by atoms with Gasteiger partial charge in [-0.3, -0.25) is 0 Å². The van der Waals surface area contributed by atoms with Crippen LogP contribution in [0, 0.1) is 6.92 Å². The molecule has 0 unspecified atom stereocenters. The summed E-state index contributed by atoms with van der Waals surface area (Å²) in [7, 11) is 0. The number of anilines is 1. The van der Waals surface area contributed by atoms with E-state index in [4.69, 9.17) is 15.2 Å². The average Bonchev–Trinajstić information content (AvgIpc) is 3.08. The zero-order chi connectivity index (χ0) is 13.7. The molecule has 0 aliphatic carbocycles. The maximum absolute atomic E-state index is 6.07. The Balaban J connectivity index is 1.88. The summed E-state index contributed by atoms with van der Waals surface area (Å²) >= 11 is 0. The fourth-order valence-electron chi connectivity index (χ4n) is 2.36. The van der Waals surface area contributed by atoms with Crippen LogP contribution in [0.4, 0.5) is 5.69 Å². The van der Waals surface area contributed by atoms with Crippen LogP contribution in [0.2, 0.25) is 0 Å². The summed E-state index contributed by atoms with van der Waals surface area (Å²) in [6.07, 6.45) is 3.92. The SMILES string of the molecule is Cc1ccn2cc(-c3ccc4c(c3)OCO4)nc2c1N. The van der Waals surface area contributed by atoms with Gasteiger partial charge in [0, 0.05) is 18.0 Å². The Bertz CT molecular complexity index is 823. The number of benzene rings is 1. The lowest BCUT2D eigenvalue weighted by Crippen LogP contribution is -1.94. The molecule has 0 saturated carbocycles. The molecule has 0 saturated heterocycles. The lowest BCUT2D eigenvalue weighted by Gasteiger charge is -2.00. The number of aryl methyl sites for hydroxylation is 1. The molecule has 5 heteroatoms. The van der Waals surface area contributed by atoms with Crippen molar-refractivity contribution in [3.63, 3.8) is 0 Å². The van der Waals surface area contributed by atoms with Gasteiger partial charge in [-0.1, -0.05) is 0 Å². The highest BCUT2D eigenvalue weighted by atomic mass is 16.7. The molecule has 1 aliphatic heterocycles. The van der Waals surface area contributed by atoms with Gasteiger partial charge >= 0.3 is 0 Å². The highest BCUT2D eigenvalue weighted by Gasteiger charge is 2.15. The number of hydrogen-bond donors (Lipinski definition) is 1. The topological polar surface area (TPSA) is 61.8 Å². The molecule has 2 aromatic heterocycles. The number of nitrogens with zero attached hydrogens (tertiary/aromatic N) is 2. The van der Waals surface area contributed by atoms with E-state index in [1.165, 1.54) is 0 Å². The number of rotatable bonds is 1. The van der Waals surface area contributed by atoms with Crippen molar-refractivity contribution in [3.8, 4) is 22.8 Å². The van der Waals surface area contributed by atoms with Gasteiger partial charge in [-0.15, -0.1) is 0 Å². The molecule has 1 aliphatic rings. The van der Waals surface area contributed by atoms with Gasteiger partial charge in [0.25, 0.3) is 0 Å². The van der Waals surface area contributed by atoms with Crippen molar-refractivity contribution in [1.82, 2.24) is 9.38 Å². The molecule has 3 heterocycles. The second-order valence-corrected chi connectivity index (χ2v) is 4.84. The van der Waals surface area contributed by atoms with Crippen LogP contribution in [-0.2, 0) is 0 Å². The Morgan fingerprint density at radius 3 is 2.95 bits per heavy atom. The second kappa shape index (κ2) is 3.90. The first-order chi connectivity index (χ1) is 9.72. The molecule has 2 N–H and O–H groups in total. The molecule has 4 rings (SSSR count). The van der Waals surface area contributed by atoms with Gasteiger partial charge in [0.05, 0.1) is 11.4 Å². The first-order valence-corrected chi connectivity index (χ1v) is 6.36. The largest absolute Gasteiger partial charge is 0.454 e. The molecule has 5 nitrogen and oxygen atoms in total. The summed E-state index contributed by atoms with van der Waals surface area (Å²) < 4.78 is 12.6. The zero-order valence-corrected chi connectivity index (χ0v) is 11.0. The van der Waals surface area contributed by atoms with Crippen molar-refractivity contribution in [1.29, 1.82) is 0 Å². The van der Waals surface area contributed by atoms with E-state index in [0.717, 1.165) is 34.0 Å². The van der Waals surface area contributed by atoms with E-state index in [1.54, 1.807) is 0 Å². The van der Waals surface area contributed by atoms with Crippen molar-refractivity contribution in [2.45, 2.75) is 6.92 Å². The maximum Gasteiger partial charge on any atom is 0.231 e. The summed E-state index contributed by atoms with van der Waals surface area (Å²) in [4.78, 5) is 4.61. The van der Waals surface area contributed by atoms with E-state index < -0.39 is 0 Å². The summed E-state index contributed by atoms with van der Waals surface area (Å²) in [6.45, 7) is 2.25. The average molecular weight is 267 g/mol. The number of pyridine rings is 1. The van der Waals surface area contributed by atoms with E-state index in [2.05, 4.69) is 4.98 Å². The van der Waals surface area contributed by atoms with E-state index in [0.29, 0.717) is 5.69 Å². The van der Waals surface area contributed by atoms with Crippen molar-refractivity contribution in [2.24, 2.45) is 0 Å². The number of nitrogens with two attached hydrogens (primary N) is 1. The highest BCUT2D eigenvalue weighted by molar-refractivity contribution is 5.74. The van der Waals surface area contributed by atoms with E-state index in [9.17, 15) is 0 Å². The number of hydrogen-bond acceptors (Lipinski definition) is 4. The zero-order valence-electron chi connectivity index (χ0n) is 11.0. The first-order valence-electron chi connectivity index (χ1n) is 6.36. The fourth-order valence-corrected chi connectivity index (χ4v) is 2.36. The molecule has 0 radical (unpaired) electrons. The maximum atomic E-state index is 6.07. The third kappa shape index (κ3) is 1.53. The molecule has 0 bridgehead atoms. The minimum Gasteiger partial charge on any atom is -0.454 e. The molecule has 0 amide bonds. The van der Waals surface area contributed by atoms with Gasteiger partial charge in [0.2, 0.25) is 6.79 Å². The van der Waals surface area contributed by atoms with Crippen LogP contribution in [-0.4, -0.2) is 16.2 Å². The Kier molecular flexibility index (Phi) is 2.18. The summed E-state index contributed by atoms with van der Waals surface area (Å²) in [5.74, 6) is 1.52. The van der Waals surface area contributed by atoms with E-state index in [-0.39, 0.29) is 6.79 Å². The van der Waals surface area contributed by atoms with Gasteiger partial charge in [0.1, 0.15) is 0 Å². The molecule has 0 spiro atoms. The number of fused-ring (bicyclic) bond motifs is 2. The molecule has 3 aromatic rings.